The molecule has 1 unspecified atom stereocenters. The molecule has 0 amide bonds. The maximum atomic E-state index is 14.1. The largest absolute Gasteiger partial charge is 0.423 e. The van der Waals surface area contributed by atoms with Crippen LogP contribution in [-0.4, -0.2) is 27.6 Å². The Morgan fingerprint density at radius 2 is 1.58 bits per heavy atom. The Balaban J connectivity index is 1.71. The highest BCUT2D eigenvalue weighted by molar-refractivity contribution is 5.81. The highest BCUT2D eigenvalue weighted by Crippen LogP contribution is 2.40. The average molecular weight is 457 g/mol. The van der Waals surface area contributed by atoms with Gasteiger partial charge in [0.2, 0.25) is 5.60 Å². The molecule has 4 aromatic rings. The molecule has 0 aliphatic heterocycles. The quantitative estimate of drug-likeness (QED) is 0.364. The van der Waals surface area contributed by atoms with Gasteiger partial charge in [0.15, 0.2) is 0 Å². The molecule has 0 aliphatic rings. The fraction of sp³-hybridized carbons (Fsp3) is 0.240. The highest BCUT2D eigenvalue weighted by atomic mass is 19.4. The Bertz CT molecular complexity index is 1290. The summed E-state index contributed by atoms with van der Waals surface area (Å²) >= 11 is 0. The third kappa shape index (κ3) is 4.18. The zero-order chi connectivity index (χ0) is 24.0. The summed E-state index contributed by atoms with van der Waals surface area (Å²) in [5.41, 5.74) is 0.851. The van der Waals surface area contributed by atoms with E-state index in [9.17, 15) is 22.7 Å². The van der Waals surface area contributed by atoms with Gasteiger partial charge in [0.25, 0.3) is 0 Å². The summed E-state index contributed by atoms with van der Waals surface area (Å²) in [4.78, 5) is 0. The van der Waals surface area contributed by atoms with Crippen LogP contribution in [0.15, 0.2) is 60.8 Å². The molecule has 172 valence electrons. The fourth-order valence-electron chi connectivity index (χ4n) is 4.12. The number of anilines is 1. The maximum absolute atomic E-state index is 14.1. The van der Waals surface area contributed by atoms with Crippen LogP contribution in [0.5, 0.6) is 0 Å². The number of aliphatic hydroxyl groups is 1. The normalized spacial score (nSPS) is 13.8. The second kappa shape index (κ2) is 8.19. The van der Waals surface area contributed by atoms with Crippen LogP contribution >= 0.6 is 0 Å². The molecule has 4 rings (SSSR count). The summed E-state index contributed by atoms with van der Waals surface area (Å²) in [7, 11) is 0. The minimum atomic E-state index is -4.92. The van der Waals surface area contributed by atoms with Crippen molar-refractivity contribution in [1.82, 2.24) is 9.78 Å². The zero-order valence-electron chi connectivity index (χ0n) is 18.3. The lowest BCUT2D eigenvalue weighted by molar-refractivity contribution is -0.260. The third-order valence-corrected chi connectivity index (χ3v) is 5.78. The number of nitrogens with zero attached hydrogens (tertiary/aromatic N) is 2. The number of hydrogen-bond donors (Lipinski definition) is 2. The smallest absolute Gasteiger partial charge is 0.381 e. The van der Waals surface area contributed by atoms with E-state index in [-0.39, 0.29) is 5.56 Å². The van der Waals surface area contributed by atoms with Crippen molar-refractivity contribution in [3.8, 4) is 5.69 Å². The minimum Gasteiger partial charge on any atom is -0.381 e. The summed E-state index contributed by atoms with van der Waals surface area (Å²) in [5, 5.41) is 18.3. The van der Waals surface area contributed by atoms with E-state index in [1.54, 1.807) is 0 Å². The first-order valence-corrected chi connectivity index (χ1v) is 10.3. The second-order valence-corrected chi connectivity index (χ2v) is 8.29. The van der Waals surface area contributed by atoms with E-state index in [2.05, 4.69) is 10.4 Å². The molecule has 0 fully saturated rings. The van der Waals surface area contributed by atoms with Crippen molar-refractivity contribution in [2.45, 2.75) is 32.5 Å². The lowest BCUT2D eigenvalue weighted by atomic mass is 9.91. The molecule has 0 saturated heterocycles. The molecule has 8 heteroatoms. The Hall–Kier alpha value is -3.39. The topological polar surface area (TPSA) is 50.1 Å². The fourth-order valence-corrected chi connectivity index (χ4v) is 4.12. The van der Waals surface area contributed by atoms with Crippen LogP contribution in [-0.2, 0) is 5.60 Å². The molecule has 2 N–H and O–H groups in total. The van der Waals surface area contributed by atoms with Gasteiger partial charge in [-0.05, 0) is 73.9 Å². The number of fused-ring (bicyclic) bond motifs is 1. The molecular weight excluding hydrogens is 434 g/mol. The molecule has 1 aromatic heterocycles. The van der Waals surface area contributed by atoms with E-state index in [0.717, 1.165) is 16.7 Å². The number of nitrogens with one attached hydrogen (secondary N) is 1. The van der Waals surface area contributed by atoms with E-state index in [0.29, 0.717) is 22.3 Å². The van der Waals surface area contributed by atoms with E-state index >= 15 is 0 Å². The van der Waals surface area contributed by atoms with Gasteiger partial charge in [0, 0.05) is 11.1 Å². The lowest BCUT2D eigenvalue weighted by Gasteiger charge is -2.32. The summed E-state index contributed by atoms with van der Waals surface area (Å²) in [6, 6.07) is 13.4. The molecule has 1 heterocycles. The van der Waals surface area contributed by atoms with Crippen LogP contribution in [0.1, 0.15) is 22.3 Å². The van der Waals surface area contributed by atoms with Gasteiger partial charge in [0.1, 0.15) is 5.82 Å². The monoisotopic (exact) mass is 457 g/mol. The van der Waals surface area contributed by atoms with Crippen LogP contribution in [0.4, 0.5) is 23.2 Å². The molecule has 4 nitrogen and oxygen atoms in total. The van der Waals surface area contributed by atoms with Gasteiger partial charge >= 0.3 is 6.18 Å². The van der Waals surface area contributed by atoms with Gasteiger partial charge in [-0.1, -0.05) is 23.8 Å². The predicted molar refractivity (Wildman–Crippen MR) is 120 cm³/mol. The lowest BCUT2D eigenvalue weighted by Crippen LogP contribution is -2.47. The van der Waals surface area contributed by atoms with Crippen LogP contribution in [0.3, 0.4) is 0 Å². The van der Waals surface area contributed by atoms with Crippen LogP contribution in [0, 0.1) is 26.6 Å². The van der Waals surface area contributed by atoms with Crippen molar-refractivity contribution >= 4 is 16.6 Å². The molecule has 0 bridgehead atoms. The molecule has 0 spiro atoms. The van der Waals surface area contributed by atoms with Gasteiger partial charge in [0.05, 0.1) is 23.9 Å². The molecule has 0 aliphatic carbocycles. The average Bonchev–Trinajstić information content (AvgIpc) is 3.16. The first-order valence-electron chi connectivity index (χ1n) is 10.3. The van der Waals surface area contributed by atoms with Crippen molar-refractivity contribution < 1.29 is 22.7 Å². The predicted octanol–water partition coefficient (Wildman–Crippen LogP) is 5.95. The number of alkyl halides is 3. The van der Waals surface area contributed by atoms with Gasteiger partial charge in [-0.25, -0.2) is 9.07 Å². The zero-order valence-corrected chi connectivity index (χ0v) is 18.3. The first-order chi connectivity index (χ1) is 15.5. The Morgan fingerprint density at radius 1 is 0.939 bits per heavy atom. The van der Waals surface area contributed by atoms with E-state index in [1.165, 1.54) is 53.3 Å². The van der Waals surface area contributed by atoms with Crippen molar-refractivity contribution in [2.75, 3.05) is 11.9 Å². The van der Waals surface area contributed by atoms with Crippen molar-refractivity contribution in [3.05, 3.63) is 88.9 Å². The molecule has 33 heavy (non-hydrogen) atoms. The third-order valence-electron chi connectivity index (χ3n) is 5.78. The Morgan fingerprint density at radius 3 is 2.18 bits per heavy atom. The first kappa shape index (κ1) is 22.8. The van der Waals surface area contributed by atoms with E-state index in [4.69, 9.17) is 0 Å². The molecule has 0 saturated carbocycles. The number of hydrogen-bond acceptors (Lipinski definition) is 3. The number of aromatic nitrogens is 2. The summed E-state index contributed by atoms with van der Waals surface area (Å²) < 4.78 is 57.1. The molecule has 3 aromatic carbocycles. The molecular formula is C25H23F4N3O. The Labute approximate surface area is 188 Å². The van der Waals surface area contributed by atoms with Crippen LogP contribution < -0.4 is 5.32 Å². The van der Waals surface area contributed by atoms with E-state index in [1.807, 2.05) is 32.9 Å². The maximum Gasteiger partial charge on any atom is 0.423 e. The SMILES string of the molecule is Cc1cc(C)c(NCC(O)(c2ccc3c(cnn3-c3ccc(F)cc3)c2)C(F)(F)F)c(C)c1. The van der Waals surface area contributed by atoms with Gasteiger partial charge in [-0.3, -0.25) is 0 Å². The summed E-state index contributed by atoms with van der Waals surface area (Å²) in [5.74, 6) is -0.403. The number of benzene rings is 3. The van der Waals surface area contributed by atoms with Gasteiger partial charge in [-0.15, -0.1) is 0 Å². The molecule has 1 atom stereocenters. The van der Waals surface area contributed by atoms with Crippen LogP contribution in [0.25, 0.3) is 16.6 Å². The second-order valence-electron chi connectivity index (χ2n) is 8.29. The summed E-state index contributed by atoms with van der Waals surface area (Å²) in [6.45, 7) is 4.78. The van der Waals surface area contributed by atoms with Crippen molar-refractivity contribution in [1.29, 1.82) is 0 Å². The van der Waals surface area contributed by atoms with Gasteiger partial charge < -0.3 is 10.4 Å². The standard InChI is InChI=1S/C25H23F4N3O/c1-15-10-16(2)23(17(3)11-15)30-14-24(33,25(27,28)29)19-4-9-22-18(12-19)13-31-32(22)21-7-5-20(26)6-8-21/h4-13,30,33H,14H2,1-3H3. The highest BCUT2D eigenvalue weighted by Gasteiger charge is 2.55. The van der Waals surface area contributed by atoms with Crippen LogP contribution in [0.2, 0.25) is 0 Å². The molecule has 0 radical (unpaired) electrons. The number of aryl methyl sites for hydroxylation is 3. The summed E-state index contributed by atoms with van der Waals surface area (Å²) in [6.07, 6.45) is -3.51. The number of halogens is 4. The minimum absolute atomic E-state index is 0.295. The van der Waals surface area contributed by atoms with E-state index < -0.39 is 24.1 Å². The van der Waals surface area contributed by atoms with Crippen molar-refractivity contribution in [3.63, 3.8) is 0 Å². The Kier molecular flexibility index (Phi) is 5.66. The van der Waals surface area contributed by atoms with Gasteiger partial charge in [-0.2, -0.15) is 18.3 Å². The van der Waals surface area contributed by atoms with Crippen molar-refractivity contribution in [2.24, 2.45) is 0 Å². The number of rotatable bonds is 5.